The van der Waals surface area contributed by atoms with Gasteiger partial charge in [-0.1, -0.05) is 26.5 Å². The summed E-state index contributed by atoms with van der Waals surface area (Å²) in [6.07, 6.45) is 4.04. The van der Waals surface area contributed by atoms with Crippen LogP contribution in [0.4, 0.5) is 30.6 Å². The van der Waals surface area contributed by atoms with E-state index in [0.29, 0.717) is 72.0 Å². The topological polar surface area (TPSA) is 324 Å². The summed E-state index contributed by atoms with van der Waals surface area (Å²) < 4.78 is 52.0. The molecular formula is C50H47BClF3N12O8. The van der Waals surface area contributed by atoms with Gasteiger partial charge in [0.1, 0.15) is 58.1 Å². The monoisotopic (exact) mass is 1050 g/mol. The lowest BCUT2D eigenvalue weighted by Gasteiger charge is -2.32. The minimum atomic E-state index is -1.21. The Bertz CT molecular complexity index is 3460. The molecule has 386 valence electrons. The van der Waals surface area contributed by atoms with Gasteiger partial charge in [0.25, 0.3) is 0 Å². The molecule has 7 heterocycles. The number of carbonyl (C=O) groups is 3. The standard InChI is InChI=1S/2C14H9FN4O2.C13H16BFO4.C7H5ClN4.2CH4/c2*15-9-4-7(3-8(5-9)14(20)21)10-1-2-11-12(19-10)13(16)18-6-17-11;1-12(2)13(3,4)19-14(18-12)9-5-8(11(16)17)6-10(15)7-9;8-5-2-1-4-6(12-5)7(9)11-3-10-4;;/h2*1-6H,(H,20,21)(H2,16,17,18);5-7H,1-4H3,(H,16,17);1-3H,(H2,9,10,11);2*1H4. The van der Waals surface area contributed by atoms with Crippen LogP contribution in [0.3, 0.4) is 0 Å². The van der Waals surface area contributed by atoms with Gasteiger partial charge < -0.3 is 41.8 Å². The molecule has 0 spiro atoms. The van der Waals surface area contributed by atoms with Crippen molar-refractivity contribution in [1.82, 2.24) is 44.9 Å². The van der Waals surface area contributed by atoms with Crippen molar-refractivity contribution in [2.24, 2.45) is 0 Å². The summed E-state index contributed by atoms with van der Waals surface area (Å²) in [4.78, 5) is 68.9. The van der Waals surface area contributed by atoms with Gasteiger partial charge in [0.05, 0.1) is 55.8 Å². The maximum absolute atomic E-state index is 13.5. The number of rotatable bonds is 6. The second-order valence-corrected chi connectivity index (χ2v) is 17.0. The van der Waals surface area contributed by atoms with Crippen molar-refractivity contribution in [1.29, 1.82) is 0 Å². The summed E-state index contributed by atoms with van der Waals surface area (Å²) in [5.41, 5.74) is 20.5. The lowest BCUT2D eigenvalue weighted by atomic mass is 9.78. The third-order valence-corrected chi connectivity index (χ3v) is 11.3. The molecule has 75 heavy (non-hydrogen) atoms. The summed E-state index contributed by atoms with van der Waals surface area (Å²) >= 11 is 5.67. The van der Waals surface area contributed by atoms with E-state index in [-0.39, 0.29) is 43.2 Å². The van der Waals surface area contributed by atoms with E-state index in [1.165, 1.54) is 55.4 Å². The molecule has 20 nitrogen and oxygen atoms in total. The Morgan fingerprint density at radius 2 is 0.853 bits per heavy atom. The van der Waals surface area contributed by atoms with Crippen LogP contribution in [0, 0.1) is 17.5 Å². The minimum absolute atomic E-state index is 0. The lowest BCUT2D eigenvalue weighted by molar-refractivity contribution is 0.00578. The Morgan fingerprint density at radius 1 is 0.507 bits per heavy atom. The highest BCUT2D eigenvalue weighted by Crippen LogP contribution is 2.36. The largest absolute Gasteiger partial charge is 0.494 e. The highest BCUT2D eigenvalue weighted by molar-refractivity contribution is 6.62. The highest BCUT2D eigenvalue weighted by atomic mass is 35.5. The second kappa shape index (κ2) is 23.3. The summed E-state index contributed by atoms with van der Waals surface area (Å²) in [5.74, 6) is -4.76. The zero-order chi connectivity index (χ0) is 52.9. The maximum atomic E-state index is 13.5. The van der Waals surface area contributed by atoms with Crippen LogP contribution in [0.2, 0.25) is 5.15 Å². The molecule has 0 aliphatic carbocycles. The fourth-order valence-electron chi connectivity index (χ4n) is 6.75. The van der Waals surface area contributed by atoms with Crippen LogP contribution >= 0.6 is 11.6 Å². The number of hydrogen-bond acceptors (Lipinski definition) is 17. The normalized spacial score (nSPS) is 12.9. The van der Waals surface area contributed by atoms with Gasteiger partial charge in [-0.15, -0.1) is 0 Å². The Morgan fingerprint density at radius 3 is 1.24 bits per heavy atom. The first-order valence-electron chi connectivity index (χ1n) is 21.2. The first-order chi connectivity index (χ1) is 34.5. The van der Waals surface area contributed by atoms with Crippen LogP contribution in [0.5, 0.6) is 0 Å². The quantitative estimate of drug-likeness (QED) is 0.0670. The predicted molar refractivity (Wildman–Crippen MR) is 277 cm³/mol. The van der Waals surface area contributed by atoms with Gasteiger partial charge in [-0.3, -0.25) is 0 Å². The van der Waals surface area contributed by atoms with Gasteiger partial charge >= 0.3 is 25.0 Å². The predicted octanol–water partition coefficient (Wildman–Crippen LogP) is 8.58. The van der Waals surface area contributed by atoms with E-state index in [1.54, 1.807) is 36.4 Å². The molecule has 3 aromatic carbocycles. The molecule has 9 aromatic rings. The van der Waals surface area contributed by atoms with Gasteiger partial charge in [-0.25, -0.2) is 72.4 Å². The molecule has 0 saturated carbocycles. The number of nitrogens with zero attached hydrogens (tertiary/aromatic N) is 9. The van der Waals surface area contributed by atoms with Crippen molar-refractivity contribution in [3.63, 3.8) is 0 Å². The van der Waals surface area contributed by atoms with Crippen LogP contribution < -0.4 is 22.7 Å². The molecule has 25 heteroatoms. The number of pyridine rings is 3. The smallest absolute Gasteiger partial charge is 0.478 e. The third-order valence-electron chi connectivity index (χ3n) is 11.1. The highest BCUT2D eigenvalue weighted by Gasteiger charge is 2.52. The van der Waals surface area contributed by atoms with E-state index >= 15 is 0 Å². The molecule has 0 bridgehead atoms. The molecule has 6 aromatic heterocycles. The van der Waals surface area contributed by atoms with E-state index < -0.39 is 53.7 Å². The molecule has 1 aliphatic heterocycles. The Labute approximate surface area is 431 Å². The van der Waals surface area contributed by atoms with Crippen LogP contribution in [0.15, 0.2) is 110 Å². The van der Waals surface area contributed by atoms with Crippen LogP contribution in [0.25, 0.3) is 55.6 Å². The van der Waals surface area contributed by atoms with Crippen molar-refractivity contribution in [2.75, 3.05) is 17.2 Å². The molecule has 0 atom stereocenters. The van der Waals surface area contributed by atoms with Gasteiger partial charge in [0.2, 0.25) is 0 Å². The number of nitrogen functional groups attached to an aromatic ring is 3. The number of aromatic carboxylic acids is 3. The lowest BCUT2D eigenvalue weighted by Crippen LogP contribution is -2.41. The third kappa shape index (κ3) is 13.4. The van der Waals surface area contributed by atoms with Gasteiger partial charge in [-0.05, 0) is 124 Å². The number of aromatic nitrogens is 9. The van der Waals surface area contributed by atoms with Crippen molar-refractivity contribution >= 4 is 92.6 Å². The van der Waals surface area contributed by atoms with E-state index in [0.717, 1.165) is 18.2 Å². The van der Waals surface area contributed by atoms with E-state index in [9.17, 15) is 27.6 Å². The first kappa shape index (κ1) is 56.9. The molecule has 0 amide bonds. The molecule has 10 rings (SSSR count). The molecule has 1 aliphatic rings. The summed E-state index contributed by atoms with van der Waals surface area (Å²) in [7, 11) is -0.765. The SMILES string of the molecule is C.C.CC1(C)OB(c2cc(F)cc(C(=O)O)c2)OC1(C)C.Nc1ncnc2ccc(-c3cc(F)cc(C(=O)O)c3)nc12.Nc1ncnc2ccc(-c3cc(F)cc(C(=O)O)c3)nc12.Nc1ncnc2ccc(Cl)nc12. The van der Waals surface area contributed by atoms with Gasteiger partial charge in [0.15, 0.2) is 17.5 Å². The fourth-order valence-corrected chi connectivity index (χ4v) is 6.89. The Hall–Kier alpha value is -9.00. The molecule has 0 unspecified atom stereocenters. The van der Waals surface area contributed by atoms with Crippen molar-refractivity contribution in [3.05, 3.63) is 149 Å². The maximum Gasteiger partial charge on any atom is 0.494 e. The van der Waals surface area contributed by atoms with Crippen LogP contribution in [-0.4, -0.2) is 96.4 Å². The van der Waals surface area contributed by atoms with Crippen molar-refractivity contribution < 1.29 is 52.2 Å². The van der Waals surface area contributed by atoms with E-state index in [4.69, 9.17) is 53.4 Å². The van der Waals surface area contributed by atoms with Crippen LogP contribution in [0.1, 0.15) is 73.6 Å². The molecule has 9 N–H and O–H groups in total. The van der Waals surface area contributed by atoms with Gasteiger partial charge in [0, 0.05) is 11.1 Å². The van der Waals surface area contributed by atoms with Crippen LogP contribution in [-0.2, 0) is 9.31 Å². The summed E-state index contributed by atoms with van der Waals surface area (Å²) in [6.45, 7) is 7.52. The Balaban J connectivity index is 0.000000186. The minimum Gasteiger partial charge on any atom is -0.478 e. The van der Waals surface area contributed by atoms with Gasteiger partial charge in [-0.2, -0.15) is 0 Å². The summed E-state index contributed by atoms with van der Waals surface area (Å²) in [6, 6.07) is 20.6. The number of fused-ring (bicyclic) bond motifs is 3. The molecule has 1 fully saturated rings. The average molecular weight is 1050 g/mol. The molecular weight excluding hydrogens is 1000 g/mol. The fraction of sp³-hybridized carbons (Fsp3) is 0.160. The summed E-state index contributed by atoms with van der Waals surface area (Å²) in [5, 5.41) is 27.3. The number of benzene rings is 3. The zero-order valence-corrected chi connectivity index (χ0v) is 39.4. The zero-order valence-electron chi connectivity index (χ0n) is 38.6. The first-order valence-corrected chi connectivity index (χ1v) is 21.6. The Kier molecular flexibility index (Phi) is 17.6. The number of hydrogen-bond donors (Lipinski definition) is 6. The molecule has 1 saturated heterocycles. The number of nitrogens with two attached hydrogens (primary N) is 3. The number of halogens is 4. The molecule has 0 radical (unpaired) electrons. The number of anilines is 3. The van der Waals surface area contributed by atoms with Crippen molar-refractivity contribution in [3.8, 4) is 22.5 Å². The number of carboxylic acid groups (broad SMARTS) is 3. The second-order valence-electron chi connectivity index (χ2n) is 16.6. The van der Waals surface area contributed by atoms with Crippen molar-refractivity contribution in [2.45, 2.75) is 53.8 Å². The van der Waals surface area contributed by atoms with E-state index in [2.05, 4.69) is 44.9 Å². The number of carboxylic acids is 3. The van der Waals surface area contributed by atoms with E-state index in [1.807, 2.05) is 27.7 Å². The average Bonchev–Trinajstić information content (AvgIpc) is 3.57.